The van der Waals surface area contributed by atoms with Gasteiger partial charge in [-0.15, -0.1) is 0 Å². The third kappa shape index (κ3) is 3.46. The van der Waals surface area contributed by atoms with Crippen LogP contribution in [-0.4, -0.2) is 27.4 Å². The molecule has 0 unspecified atom stereocenters. The van der Waals surface area contributed by atoms with Crippen LogP contribution < -0.4 is 5.32 Å². The van der Waals surface area contributed by atoms with Crippen molar-refractivity contribution in [2.45, 2.75) is 25.8 Å². The van der Waals surface area contributed by atoms with E-state index in [-0.39, 0.29) is 12.1 Å². The van der Waals surface area contributed by atoms with Crippen LogP contribution in [0.2, 0.25) is 0 Å². The number of likely N-dealkylation sites (tertiary alicyclic amines) is 1. The maximum atomic E-state index is 12.8. The predicted octanol–water partition coefficient (Wildman–Crippen LogP) is 4.88. The quantitative estimate of drug-likeness (QED) is 0.720. The largest absolute Gasteiger partial charge is 0.322 e. The van der Waals surface area contributed by atoms with E-state index in [9.17, 15) is 4.79 Å². The van der Waals surface area contributed by atoms with Gasteiger partial charge in [0.05, 0.1) is 11.7 Å². The van der Waals surface area contributed by atoms with E-state index >= 15 is 0 Å². The first kappa shape index (κ1) is 16.7. The highest BCUT2D eigenvalue weighted by atomic mass is 32.1. The van der Waals surface area contributed by atoms with Gasteiger partial charge < -0.3 is 10.2 Å². The maximum absolute atomic E-state index is 12.8. The Balaban J connectivity index is 1.52. The molecule has 1 N–H and O–H groups in total. The van der Waals surface area contributed by atoms with Crippen LogP contribution in [0.3, 0.4) is 0 Å². The summed E-state index contributed by atoms with van der Waals surface area (Å²) in [6.45, 7) is 2.66. The average molecular weight is 364 g/mol. The zero-order valence-corrected chi connectivity index (χ0v) is 15.4. The third-order valence-electron chi connectivity index (χ3n) is 4.63. The fraction of sp³-hybridized carbons (Fsp3) is 0.250. The molecule has 0 aliphatic carbocycles. The minimum Gasteiger partial charge on any atom is -0.317 e. The second kappa shape index (κ2) is 7.25. The number of nitrogens with one attached hydrogen (secondary N) is 1. The van der Waals surface area contributed by atoms with Crippen LogP contribution >= 0.6 is 11.3 Å². The molecule has 6 heteroatoms. The maximum Gasteiger partial charge on any atom is 0.322 e. The lowest BCUT2D eigenvalue weighted by Gasteiger charge is -2.24. The van der Waals surface area contributed by atoms with Crippen LogP contribution in [0.25, 0.3) is 11.3 Å². The lowest BCUT2D eigenvalue weighted by Crippen LogP contribution is -2.34. The summed E-state index contributed by atoms with van der Waals surface area (Å²) in [5, 5.41) is 7.25. The minimum absolute atomic E-state index is 0.0466. The smallest absolute Gasteiger partial charge is 0.317 e. The van der Waals surface area contributed by atoms with Crippen LogP contribution in [0.1, 0.15) is 30.3 Å². The minimum atomic E-state index is -0.0466. The van der Waals surface area contributed by atoms with Crippen molar-refractivity contribution in [3.8, 4) is 11.3 Å². The van der Waals surface area contributed by atoms with Crippen LogP contribution in [0.5, 0.6) is 0 Å². The van der Waals surface area contributed by atoms with Gasteiger partial charge in [-0.3, -0.25) is 0 Å². The molecule has 3 heterocycles. The number of benzene rings is 1. The molecule has 0 spiro atoms. The Hall–Kier alpha value is -2.73. The normalized spacial score (nSPS) is 16.7. The molecule has 2 amide bonds. The average Bonchev–Trinajstić information content (AvgIpc) is 3.33. The zero-order valence-electron chi connectivity index (χ0n) is 14.6. The van der Waals surface area contributed by atoms with Gasteiger partial charge >= 0.3 is 6.03 Å². The first-order chi connectivity index (χ1) is 12.7. The third-order valence-corrected chi connectivity index (χ3v) is 5.33. The van der Waals surface area contributed by atoms with Crippen molar-refractivity contribution >= 4 is 23.1 Å². The highest BCUT2D eigenvalue weighted by Gasteiger charge is 2.30. The number of rotatable bonds is 3. The Kier molecular flexibility index (Phi) is 4.67. The van der Waals surface area contributed by atoms with Crippen LogP contribution in [0.4, 0.5) is 10.5 Å². The van der Waals surface area contributed by atoms with Gasteiger partial charge in [0.2, 0.25) is 0 Å². The molecule has 0 radical (unpaired) electrons. The number of nitrogens with zero attached hydrogens (tertiary/aromatic N) is 3. The second-order valence-corrected chi connectivity index (χ2v) is 7.19. The summed E-state index contributed by atoms with van der Waals surface area (Å²) >= 11 is 1.67. The van der Waals surface area contributed by atoms with Crippen molar-refractivity contribution in [1.82, 2.24) is 14.9 Å². The van der Waals surface area contributed by atoms with Crippen molar-refractivity contribution < 1.29 is 4.79 Å². The summed E-state index contributed by atoms with van der Waals surface area (Å²) in [5.74, 6) is 0.729. The number of carbonyl (C=O) groups excluding carboxylic acids is 1. The van der Waals surface area contributed by atoms with Crippen molar-refractivity contribution in [1.29, 1.82) is 0 Å². The van der Waals surface area contributed by atoms with E-state index in [0.29, 0.717) is 0 Å². The Morgan fingerprint density at radius 2 is 2.23 bits per heavy atom. The van der Waals surface area contributed by atoms with Crippen molar-refractivity contribution in [3.63, 3.8) is 0 Å². The number of aryl methyl sites for hydroxylation is 1. The van der Waals surface area contributed by atoms with E-state index in [4.69, 9.17) is 0 Å². The van der Waals surface area contributed by atoms with Crippen molar-refractivity contribution in [2.75, 3.05) is 11.9 Å². The molecule has 1 aromatic carbocycles. The molecule has 26 heavy (non-hydrogen) atoms. The Bertz CT molecular complexity index is 910. The summed E-state index contributed by atoms with van der Waals surface area (Å²) in [5.41, 5.74) is 3.82. The van der Waals surface area contributed by atoms with Crippen molar-refractivity contribution in [2.24, 2.45) is 0 Å². The van der Waals surface area contributed by atoms with Crippen LogP contribution in [-0.2, 0) is 0 Å². The van der Waals surface area contributed by atoms with Gasteiger partial charge in [0.1, 0.15) is 5.82 Å². The molecule has 1 saturated heterocycles. The molecule has 5 nitrogen and oxygen atoms in total. The lowest BCUT2D eigenvalue weighted by molar-refractivity contribution is 0.207. The van der Waals surface area contributed by atoms with Gasteiger partial charge in [-0.25, -0.2) is 14.8 Å². The van der Waals surface area contributed by atoms with E-state index in [1.807, 2.05) is 42.2 Å². The molecule has 1 fully saturated rings. The summed E-state index contributed by atoms with van der Waals surface area (Å²) in [6.07, 6.45) is 3.80. The Morgan fingerprint density at radius 3 is 3.04 bits per heavy atom. The number of urea groups is 1. The summed E-state index contributed by atoms with van der Waals surface area (Å²) in [4.78, 5) is 23.3. The molecule has 2 aromatic heterocycles. The monoisotopic (exact) mass is 364 g/mol. The molecule has 0 bridgehead atoms. The Morgan fingerprint density at radius 1 is 1.31 bits per heavy atom. The Labute approximate surface area is 156 Å². The molecule has 0 saturated carbocycles. The van der Waals surface area contributed by atoms with Gasteiger partial charge in [-0.1, -0.05) is 12.1 Å². The van der Waals surface area contributed by atoms with Gasteiger partial charge in [0.25, 0.3) is 0 Å². The first-order valence-corrected chi connectivity index (χ1v) is 9.65. The summed E-state index contributed by atoms with van der Waals surface area (Å²) in [7, 11) is 0. The molecule has 1 aliphatic heterocycles. The summed E-state index contributed by atoms with van der Waals surface area (Å²) in [6, 6.07) is 11.9. The number of carbonyl (C=O) groups is 1. The molecule has 132 valence electrons. The van der Waals surface area contributed by atoms with E-state index in [2.05, 4.69) is 32.1 Å². The van der Waals surface area contributed by atoms with E-state index in [0.717, 1.165) is 42.2 Å². The topological polar surface area (TPSA) is 58.1 Å². The summed E-state index contributed by atoms with van der Waals surface area (Å²) < 4.78 is 0. The van der Waals surface area contributed by atoms with Gasteiger partial charge in [0.15, 0.2) is 0 Å². The number of hydrogen-bond acceptors (Lipinski definition) is 4. The second-order valence-electron chi connectivity index (χ2n) is 6.41. The molecular formula is C20H20N4OS. The highest BCUT2D eigenvalue weighted by Crippen LogP contribution is 2.33. The van der Waals surface area contributed by atoms with E-state index in [1.54, 1.807) is 17.5 Å². The standard InChI is InChI=1S/C20H20N4OS/c1-14-21-9-7-18(22-14)15-4-2-5-17(12-15)23-20(25)24-10-3-6-19(24)16-8-11-26-13-16/h2,4-5,7-9,11-13,19H,3,6,10H2,1H3,(H,23,25)/t19-/m0/s1. The number of aromatic nitrogens is 2. The van der Waals surface area contributed by atoms with Gasteiger partial charge in [-0.05, 0) is 60.4 Å². The van der Waals surface area contributed by atoms with E-state index < -0.39 is 0 Å². The predicted molar refractivity (Wildman–Crippen MR) is 104 cm³/mol. The van der Waals surface area contributed by atoms with Gasteiger partial charge in [-0.2, -0.15) is 11.3 Å². The lowest BCUT2D eigenvalue weighted by atomic mass is 10.1. The van der Waals surface area contributed by atoms with Crippen molar-refractivity contribution in [3.05, 3.63) is 64.7 Å². The number of thiophene rings is 1. The fourth-order valence-electron chi connectivity index (χ4n) is 3.39. The number of amides is 2. The molecule has 1 aliphatic rings. The first-order valence-electron chi connectivity index (χ1n) is 8.70. The molecule has 3 aromatic rings. The zero-order chi connectivity index (χ0) is 17.9. The number of hydrogen-bond donors (Lipinski definition) is 1. The molecule has 4 rings (SSSR count). The van der Waals surface area contributed by atoms with Gasteiger partial charge in [0, 0.05) is 24.0 Å². The fourth-order valence-corrected chi connectivity index (χ4v) is 4.10. The van der Waals surface area contributed by atoms with E-state index in [1.165, 1.54) is 5.56 Å². The van der Waals surface area contributed by atoms with Crippen LogP contribution in [0.15, 0.2) is 53.4 Å². The van der Waals surface area contributed by atoms with Crippen LogP contribution in [0, 0.1) is 6.92 Å². The molecule has 1 atom stereocenters. The molecular weight excluding hydrogens is 344 g/mol. The number of anilines is 1. The highest BCUT2D eigenvalue weighted by molar-refractivity contribution is 7.08. The SMILES string of the molecule is Cc1nccc(-c2cccc(NC(=O)N3CCC[C@H]3c3ccsc3)c2)n1.